The molecular formula is C16H16FN4O2S+. The van der Waals surface area contributed by atoms with Gasteiger partial charge in [0.2, 0.25) is 0 Å². The number of carbonyl (C=O) groups excluding carboxylic acids is 1. The zero-order chi connectivity index (χ0) is 17.1. The second-order valence-corrected chi connectivity index (χ2v) is 6.38. The Labute approximate surface area is 141 Å². The molecule has 24 heavy (non-hydrogen) atoms. The number of rotatable bonds is 5. The van der Waals surface area contributed by atoms with Crippen LogP contribution in [0.15, 0.2) is 46.7 Å². The molecule has 0 aliphatic rings. The molecule has 3 aromatic rings. The molecule has 0 radical (unpaired) electrons. The summed E-state index contributed by atoms with van der Waals surface area (Å²) in [6.07, 6.45) is 1.68. The van der Waals surface area contributed by atoms with Crippen LogP contribution in [-0.2, 0) is 11.3 Å². The van der Waals surface area contributed by atoms with E-state index < -0.39 is 5.82 Å². The van der Waals surface area contributed by atoms with Crippen LogP contribution in [0.4, 0.5) is 10.1 Å². The van der Waals surface area contributed by atoms with Crippen molar-refractivity contribution in [3.8, 4) is 0 Å². The van der Waals surface area contributed by atoms with Crippen LogP contribution in [0.1, 0.15) is 5.69 Å². The highest BCUT2D eigenvalue weighted by Gasteiger charge is 2.13. The fourth-order valence-corrected chi connectivity index (χ4v) is 3.13. The molecule has 2 heterocycles. The van der Waals surface area contributed by atoms with E-state index >= 15 is 0 Å². The summed E-state index contributed by atoms with van der Waals surface area (Å²) in [4.78, 5) is 29.9. The Balaban J connectivity index is 1.62. The summed E-state index contributed by atoms with van der Waals surface area (Å²) in [6, 6.07) is 7.23. The molecule has 0 bridgehead atoms. The van der Waals surface area contributed by atoms with Gasteiger partial charge in [-0.2, -0.15) is 0 Å². The van der Waals surface area contributed by atoms with Gasteiger partial charge in [0.25, 0.3) is 11.5 Å². The molecule has 2 aromatic heterocycles. The van der Waals surface area contributed by atoms with Gasteiger partial charge in [-0.3, -0.25) is 14.0 Å². The molecule has 0 saturated heterocycles. The number of carbonyl (C=O) groups is 1. The van der Waals surface area contributed by atoms with Gasteiger partial charge in [-0.25, -0.2) is 9.37 Å². The van der Waals surface area contributed by atoms with Crippen LogP contribution in [0.2, 0.25) is 0 Å². The van der Waals surface area contributed by atoms with Gasteiger partial charge in [0.1, 0.15) is 18.1 Å². The van der Waals surface area contributed by atoms with Crippen LogP contribution in [0, 0.1) is 5.82 Å². The molecule has 3 rings (SSSR count). The molecule has 0 spiro atoms. The SMILES string of the molecule is C[NH+](CC(=O)Nc1cccc(F)c1)Cc1cc(=O)n2ccsc2n1. The quantitative estimate of drug-likeness (QED) is 0.708. The van der Waals surface area contributed by atoms with E-state index in [0.29, 0.717) is 22.9 Å². The van der Waals surface area contributed by atoms with E-state index in [0.717, 1.165) is 4.90 Å². The number of nitrogens with zero attached hydrogens (tertiary/aromatic N) is 2. The molecule has 1 atom stereocenters. The van der Waals surface area contributed by atoms with E-state index in [2.05, 4.69) is 10.3 Å². The molecular weight excluding hydrogens is 331 g/mol. The number of thiazole rings is 1. The maximum absolute atomic E-state index is 13.1. The van der Waals surface area contributed by atoms with Gasteiger partial charge in [0, 0.05) is 23.3 Å². The first-order chi connectivity index (χ1) is 11.5. The van der Waals surface area contributed by atoms with Crippen LogP contribution in [0.3, 0.4) is 0 Å². The first-order valence-corrected chi connectivity index (χ1v) is 8.22. The smallest absolute Gasteiger partial charge is 0.279 e. The Morgan fingerprint density at radius 2 is 2.25 bits per heavy atom. The Morgan fingerprint density at radius 1 is 1.42 bits per heavy atom. The van der Waals surface area contributed by atoms with Crippen molar-refractivity contribution in [3.05, 3.63) is 63.8 Å². The molecule has 8 heteroatoms. The third-order valence-electron chi connectivity index (χ3n) is 3.41. The fraction of sp³-hybridized carbons (Fsp3) is 0.188. The largest absolute Gasteiger partial charge is 0.325 e. The molecule has 124 valence electrons. The Kier molecular flexibility index (Phi) is 4.68. The topological polar surface area (TPSA) is 67.9 Å². The summed E-state index contributed by atoms with van der Waals surface area (Å²) in [5.74, 6) is -0.630. The van der Waals surface area contributed by atoms with E-state index in [9.17, 15) is 14.0 Å². The van der Waals surface area contributed by atoms with E-state index in [1.807, 2.05) is 7.05 Å². The summed E-state index contributed by atoms with van der Waals surface area (Å²) < 4.78 is 14.6. The highest BCUT2D eigenvalue weighted by Crippen LogP contribution is 2.08. The van der Waals surface area contributed by atoms with Gasteiger partial charge in [0.05, 0.1) is 7.05 Å². The number of quaternary nitrogens is 1. The van der Waals surface area contributed by atoms with Crippen molar-refractivity contribution in [2.75, 3.05) is 18.9 Å². The second kappa shape index (κ2) is 6.90. The lowest BCUT2D eigenvalue weighted by Crippen LogP contribution is -3.08. The highest BCUT2D eigenvalue weighted by atomic mass is 32.1. The zero-order valence-electron chi connectivity index (χ0n) is 13.0. The molecule has 6 nitrogen and oxygen atoms in total. The predicted molar refractivity (Wildman–Crippen MR) is 89.8 cm³/mol. The molecule has 0 saturated carbocycles. The number of amides is 1. The highest BCUT2D eigenvalue weighted by molar-refractivity contribution is 7.15. The number of nitrogens with one attached hydrogen (secondary N) is 2. The molecule has 1 aromatic carbocycles. The monoisotopic (exact) mass is 347 g/mol. The van der Waals surface area contributed by atoms with Gasteiger partial charge < -0.3 is 10.2 Å². The number of aromatic nitrogens is 2. The molecule has 1 unspecified atom stereocenters. The van der Waals surface area contributed by atoms with E-state index in [4.69, 9.17) is 0 Å². The minimum absolute atomic E-state index is 0.131. The fourth-order valence-electron chi connectivity index (χ4n) is 2.40. The number of hydrogen-bond donors (Lipinski definition) is 2. The lowest BCUT2D eigenvalue weighted by atomic mass is 10.3. The molecule has 1 amide bonds. The lowest BCUT2D eigenvalue weighted by Gasteiger charge is -2.13. The maximum Gasteiger partial charge on any atom is 0.279 e. The summed E-state index contributed by atoms with van der Waals surface area (Å²) in [5, 5.41) is 4.45. The van der Waals surface area contributed by atoms with Crippen LogP contribution >= 0.6 is 11.3 Å². The maximum atomic E-state index is 13.1. The third kappa shape index (κ3) is 3.84. The Hall–Kier alpha value is -2.58. The van der Waals surface area contributed by atoms with Crippen molar-refractivity contribution in [2.45, 2.75) is 6.54 Å². The minimum atomic E-state index is -0.401. The van der Waals surface area contributed by atoms with Crippen LogP contribution in [0.25, 0.3) is 4.96 Å². The standard InChI is InChI=1S/C16H15FN4O2S/c1-20(10-14(22)18-12-4-2-3-11(17)7-12)9-13-8-15(23)21-5-6-24-16(21)19-13/h2-8H,9-10H2,1H3,(H,18,22)/p+1. The number of fused-ring (bicyclic) bond motifs is 1. The average molecular weight is 347 g/mol. The molecule has 0 fully saturated rings. The molecule has 2 N–H and O–H groups in total. The normalized spacial score (nSPS) is 12.2. The van der Waals surface area contributed by atoms with E-state index in [1.165, 1.54) is 40.0 Å². The first-order valence-electron chi connectivity index (χ1n) is 7.34. The lowest BCUT2D eigenvalue weighted by molar-refractivity contribution is -0.885. The summed E-state index contributed by atoms with van der Waals surface area (Å²) in [5.41, 5.74) is 0.927. The van der Waals surface area contributed by atoms with Gasteiger partial charge in [-0.15, -0.1) is 11.3 Å². The Bertz CT molecular complexity index is 937. The summed E-state index contributed by atoms with van der Waals surface area (Å²) in [6.45, 7) is 0.627. The van der Waals surface area contributed by atoms with Crippen molar-refractivity contribution in [1.29, 1.82) is 0 Å². The summed E-state index contributed by atoms with van der Waals surface area (Å²) >= 11 is 1.39. The number of anilines is 1. The van der Waals surface area contributed by atoms with Gasteiger partial charge in [-0.1, -0.05) is 6.07 Å². The van der Waals surface area contributed by atoms with E-state index in [1.54, 1.807) is 17.6 Å². The number of benzene rings is 1. The number of hydrogen-bond acceptors (Lipinski definition) is 4. The van der Waals surface area contributed by atoms with Crippen LogP contribution in [-0.4, -0.2) is 28.9 Å². The van der Waals surface area contributed by atoms with Crippen molar-refractivity contribution in [1.82, 2.24) is 9.38 Å². The van der Waals surface area contributed by atoms with Crippen molar-refractivity contribution in [2.24, 2.45) is 0 Å². The van der Waals surface area contributed by atoms with Crippen molar-refractivity contribution >= 4 is 27.9 Å². The van der Waals surface area contributed by atoms with Crippen LogP contribution in [0.5, 0.6) is 0 Å². The number of likely N-dealkylation sites (N-methyl/N-ethyl adjacent to an activating group) is 1. The predicted octanol–water partition coefficient (Wildman–Crippen LogP) is 0.548. The average Bonchev–Trinajstić information content (AvgIpc) is 2.95. The Morgan fingerprint density at radius 3 is 3.04 bits per heavy atom. The third-order valence-corrected chi connectivity index (χ3v) is 4.17. The van der Waals surface area contributed by atoms with Gasteiger partial charge in [0.15, 0.2) is 11.5 Å². The second-order valence-electron chi connectivity index (χ2n) is 5.51. The summed E-state index contributed by atoms with van der Waals surface area (Å²) in [7, 11) is 1.84. The van der Waals surface area contributed by atoms with Crippen LogP contribution < -0.4 is 15.8 Å². The van der Waals surface area contributed by atoms with Gasteiger partial charge >= 0.3 is 0 Å². The molecule has 0 aliphatic carbocycles. The van der Waals surface area contributed by atoms with Gasteiger partial charge in [-0.05, 0) is 18.2 Å². The minimum Gasteiger partial charge on any atom is -0.325 e. The zero-order valence-corrected chi connectivity index (χ0v) is 13.8. The number of halogens is 1. The van der Waals surface area contributed by atoms with E-state index in [-0.39, 0.29) is 18.0 Å². The van der Waals surface area contributed by atoms with Crippen molar-refractivity contribution in [3.63, 3.8) is 0 Å². The molecule has 0 aliphatic heterocycles. The van der Waals surface area contributed by atoms with Crippen molar-refractivity contribution < 1.29 is 14.1 Å². The first kappa shape index (κ1) is 16.3.